The molecule has 2 rings (SSSR count). The Morgan fingerprint density at radius 1 is 1.36 bits per heavy atom. The number of carbonyl (C=O) groups is 1. The summed E-state index contributed by atoms with van der Waals surface area (Å²) in [5, 5.41) is 17.5. The van der Waals surface area contributed by atoms with Gasteiger partial charge in [-0.2, -0.15) is 0 Å². The van der Waals surface area contributed by atoms with Crippen molar-refractivity contribution in [2.24, 2.45) is 0 Å². The molecule has 8 nitrogen and oxygen atoms in total. The normalized spacial score (nSPS) is 11.2. The second-order valence-corrected chi connectivity index (χ2v) is 7.43. The quantitative estimate of drug-likeness (QED) is 0.727. The molecule has 1 amide bonds. The SMILES string of the molecule is CCn1nnnc1NCc1cc(Br)ccc1OCC(=O)NC(C)(C)C. The molecule has 1 heterocycles. The van der Waals surface area contributed by atoms with Crippen molar-refractivity contribution >= 4 is 27.8 Å². The number of benzene rings is 1. The molecule has 0 spiro atoms. The second kappa shape index (κ2) is 8.28. The fourth-order valence-corrected chi connectivity index (χ4v) is 2.55. The van der Waals surface area contributed by atoms with Crippen LogP contribution in [0.2, 0.25) is 0 Å². The van der Waals surface area contributed by atoms with Gasteiger partial charge >= 0.3 is 0 Å². The van der Waals surface area contributed by atoms with E-state index >= 15 is 0 Å². The molecule has 0 saturated heterocycles. The number of ether oxygens (including phenoxy) is 1. The number of nitrogens with zero attached hydrogens (tertiary/aromatic N) is 4. The molecule has 0 aliphatic heterocycles. The maximum atomic E-state index is 11.9. The van der Waals surface area contributed by atoms with Gasteiger partial charge in [-0.1, -0.05) is 21.0 Å². The Balaban J connectivity index is 2.03. The van der Waals surface area contributed by atoms with Crippen LogP contribution in [0.4, 0.5) is 5.95 Å². The molecule has 0 atom stereocenters. The van der Waals surface area contributed by atoms with Crippen LogP contribution in [-0.2, 0) is 17.9 Å². The first kappa shape index (κ1) is 19.2. The summed E-state index contributed by atoms with van der Waals surface area (Å²) in [7, 11) is 0. The van der Waals surface area contributed by atoms with Gasteiger partial charge in [0, 0.05) is 28.7 Å². The van der Waals surface area contributed by atoms with Crippen LogP contribution in [0.25, 0.3) is 0 Å². The van der Waals surface area contributed by atoms with Crippen LogP contribution in [0.1, 0.15) is 33.3 Å². The van der Waals surface area contributed by atoms with E-state index in [4.69, 9.17) is 4.74 Å². The summed E-state index contributed by atoms with van der Waals surface area (Å²) in [6.07, 6.45) is 0. The van der Waals surface area contributed by atoms with Crippen LogP contribution in [0.15, 0.2) is 22.7 Å². The Bertz CT molecular complexity index is 726. The lowest BCUT2D eigenvalue weighted by atomic mass is 10.1. The maximum Gasteiger partial charge on any atom is 0.258 e. The lowest BCUT2D eigenvalue weighted by Crippen LogP contribution is -2.43. The van der Waals surface area contributed by atoms with Crippen LogP contribution in [0.3, 0.4) is 0 Å². The van der Waals surface area contributed by atoms with Crippen LogP contribution in [-0.4, -0.2) is 38.3 Å². The van der Waals surface area contributed by atoms with Gasteiger partial charge < -0.3 is 15.4 Å². The van der Waals surface area contributed by atoms with Crippen molar-refractivity contribution in [3.05, 3.63) is 28.2 Å². The third kappa shape index (κ3) is 6.00. The van der Waals surface area contributed by atoms with E-state index < -0.39 is 0 Å². The van der Waals surface area contributed by atoms with Crippen molar-refractivity contribution in [1.29, 1.82) is 0 Å². The van der Waals surface area contributed by atoms with Gasteiger partial charge in [0.1, 0.15) is 5.75 Å². The van der Waals surface area contributed by atoms with E-state index in [2.05, 4.69) is 42.1 Å². The molecule has 0 unspecified atom stereocenters. The average molecular weight is 411 g/mol. The number of nitrogens with one attached hydrogen (secondary N) is 2. The van der Waals surface area contributed by atoms with E-state index in [1.165, 1.54) is 0 Å². The van der Waals surface area contributed by atoms with E-state index in [1.807, 2.05) is 45.9 Å². The number of aryl methyl sites for hydroxylation is 1. The first-order valence-electron chi connectivity index (χ1n) is 8.01. The summed E-state index contributed by atoms with van der Waals surface area (Å²) in [6.45, 7) is 8.84. The third-order valence-corrected chi connectivity index (χ3v) is 3.66. The predicted molar refractivity (Wildman–Crippen MR) is 98.4 cm³/mol. The molecular weight excluding hydrogens is 388 g/mol. The number of anilines is 1. The Labute approximate surface area is 155 Å². The molecule has 1 aromatic carbocycles. The smallest absolute Gasteiger partial charge is 0.258 e. The number of hydrogen-bond donors (Lipinski definition) is 2. The van der Waals surface area contributed by atoms with Gasteiger partial charge in [0.05, 0.1) is 0 Å². The van der Waals surface area contributed by atoms with Gasteiger partial charge in [-0.05, 0) is 56.3 Å². The van der Waals surface area contributed by atoms with Crippen molar-refractivity contribution in [2.75, 3.05) is 11.9 Å². The summed E-state index contributed by atoms with van der Waals surface area (Å²) in [5.74, 6) is 1.05. The number of rotatable bonds is 7. The van der Waals surface area contributed by atoms with Gasteiger partial charge in [0.25, 0.3) is 5.91 Å². The fraction of sp³-hybridized carbons (Fsp3) is 0.500. The molecule has 0 bridgehead atoms. The standard InChI is InChI=1S/C16H23BrN6O2/c1-5-23-15(20-21-22-23)18-9-11-8-12(17)6-7-13(11)25-10-14(24)19-16(2,3)4/h6-8H,5,9-10H2,1-4H3,(H,19,24)(H,18,20,22). The largest absolute Gasteiger partial charge is 0.483 e. The molecule has 0 aliphatic carbocycles. The topological polar surface area (TPSA) is 94.0 Å². The molecule has 0 saturated carbocycles. The monoisotopic (exact) mass is 410 g/mol. The maximum absolute atomic E-state index is 11.9. The number of carbonyl (C=O) groups excluding carboxylic acids is 1. The number of tetrazole rings is 1. The minimum absolute atomic E-state index is 0.0431. The van der Waals surface area contributed by atoms with Crippen molar-refractivity contribution in [3.63, 3.8) is 0 Å². The zero-order valence-electron chi connectivity index (χ0n) is 14.8. The van der Waals surface area contributed by atoms with Crippen LogP contribution in [0.5, 0.6) is 5.75 Å². The number of halogens is 1. The van der Waals surface area contributed by atoms with Gasteiger partial charge in [-0.3, -0.25) is 4.79 Å². The molecule has 9 heteroatoms. The minimum Gasteiger partial charge on any atom is -0.483 e. The van der Waals surface area contributed by atoms with E-state index in [0.717, 1.165) is 10.0 Å². The van der Waals surface area contributed by atoms with Crippen molar-refractivity contribution < 1.29 is 9.53 Å². The van der Waals surface area contributed by atoms with Crippen molar-refractivity contribution in [1.82, 2.24) is 25.5 Å². The Morgan fingerprint density at radius 3 is 2.80 bits per heavy atom. The summed E-state index contributed by atoms with van der Waals surface area (Å²) in [6, 6.07) is 5.63. The number of hydrogen-bond acceptors (Lipinski definition) is 6. The zero-order chi connectivity index (χ0) is 18.4. The lowest BCUT2D eigenvalue weighted by Gasteiger charge is -2.21. The Hall–Kier alpha value is -2.16. The van der Waals surface area contributed by atoms with E-state index in [-0.39, 0.29) is 18.1 Å². The van der Waals surface area contributed by atoms with Crippen LogP contribution in [0, 0.1) is 0 Å². The number of aromatic nitrogens is 4. The number of amides is 1. The Kier molecular flexibility index (Phi) is 6.35. The molecule has 2 aromatic rings. The molecule has 0 fully saturated rings. The van der Waals surface area contributed by atoms with Gasteiger partial charge in [-0.15, -0.1) is 0 Å². The molecule has 0 radical (unpaired) electrons. The lowest BCUT2D eigenvalue weighted by molar-refractivity contribution is -0.124. The molecule has 136 valence electrons. The highest BCUT2D eigenvalue weighted by molar-refractivity contribution is 9.10. The Morgan fingerprint density at radius 2 is 2.12 bits per heavy atom. The summed E-state index contributed by atoms with van der Waals surface area (Å²) in [4.78, 5) is 11.9. The van der Waals surface area contributed by atoms with Gasteiger partial charge in [0.15, 0.2) is 6.61 Å². The van der Waals surface area contributed by atoms with Crippen molar-refractivity contribution in [2.45, 2.75) is 46.3 Å². The van der Waals surface area contributed by atoms with E-state index in [1.54, 1.807) is 4.68 Å². The van der Waals surface area contributed by atoms with E-state index in [9.17, 15) is 4.79 Å². The molecular formula is C16H23BrN6O2. The van der Waals surface area contributed by atoms with Gasteiger partial charge in [0.2, 0.25) is 5.95 Å². The second-order valence-electron chi connectivity index (χ2n) is 6.51. The third-order valence-electron chi connectivity index (χ3n) is 3.16. The summed E-state index contributed by atoms with van der Waals surface area (Å²) >= 11 is 3.45. The van der Waals surface area contributed by atoms with Crippen LogP contribution < -0.4 is 15.4 Å². The summed E-state index contributed by atoms with van der Waals surface area (Å²) in [5.41, 5.74) is 0.602. The molecule has 25 heavy (non-hydrogen) atoms. The molecule has 0 aliphatic rings. The molecule has 2 N–H and O–H groups in total. The van der Waals surface area contributed by atoms with Crippen molar-refractivity contribution in [3.8, 4) is 5.75 Å². The summed E-state index contributed by atoms with van der Waals surface area (Å²) < 4.78 is 8.28. The van der Waals surface area contributed by atoms with E-state index in [0.29, 0.717) is 24.8 Å². The fourth-order valence-electron chi connectivity index (χ4n) is 2.14. The highest BCUT2D eigenvalue weighted by Crippen LogP contribution is 2.24. The highest BCUT2D eigenvalue weighted by Gasteiger charge is 2.15. The highest BCUT2D eigenvalue weighted by atomic mass is 79.9. The van der Waals surface area contributed by atoms with Crippen LogP contribution >= 0.6 is 15.9 Å². The zero-order valence-corrected chi connectivity index (χ0v) is 16.4. The predicted octanol–water partition coefficient (Wildman–Crippen LogP) is 2.36. The first-order chi connectivity index (χ1) is 11.8. The average Bonchev–Trinajstić information content (AvgIpc) is 2.97. The molecule has 1 aromatic heterocycles. The van der Waals surface area contributed by atoms with Gasteiger partial charge in [-0.25, -0.2) is 4.68 Å². The first-order valence-corrected chi connectivity index (χ1v) is 8.80. The minimum atomic E-state index is -0.290.